The summed E-state index contributed by atoms with van der Waals surface area (Å²) in [5.74, 6) is 0.416. The van der Waals surface area contributed by atoms with E-state index in [1.54, 1.807) is 41.7 Å². The normalized spacial score (nSPS) is 13.8. The number of nitrogens with zero attached hydrogens (tertiary/aromatic N) is 5. The number of hydrogen-bond acceptors (Lipinski definition) is 6. The summed E-state index contributed by atoms with van der Waals surface area (Å²) >= 11 is 0. The summed E-state index contributed by atoms with van der Waals surface area (Å²) in [5, 5.41) is 6.96. The van der Waals surface area contributed by atoms with E-state index < -0.39 is 0 Å². The number of nitrogens with one attached hydrogen (secondary N) is 1. The second-order valence-corrected chi connectivity index (χ2v) is 6.13. The summed E-state index contributed by atoms with van der Waals surface area (Å²) < 4.78 is 7.37. The fourth-order valence-corrected chi connectivity index (χ4v) is 2.56. The fourth-order valence-electron chi connectivity index (χ4n) is 2.56. The Morgan fingerprint density at radius 1 is 1.27 bits per heavy atom. The third-order valence-electron chi connectivity index (χ3n) is 4.17. The lowest BCUT2D eigenvalue weighted by atomic mass is 9.96. The quantitative estimate of drug-likeness (QED) is 0.733. The van der Waals surface area contributed by atoms with Gasteiger partial charge in [0.25, 0.3) is 5.91 Å². The van der Waals surface area contributed by atoms with E-state index in [1.807, 2.05) is 12.1 Å². The molecule has 1 fully saturated rings. The molecule has 1 amide bonds. The Morgan fingerprint density at radius 2 is 2.19 bits per heavy atom. The second kappa shape index (κ2) is 7.30. The van der Waals surface area contributed by atoms with Crippen LogP contribution in [0.3, 0.4) is 0 Å². The van der Waals surface area contributed by atoms with Crippen LogP contribution in [0.5, 0.6) is 5.88 Å². The first kappa shape index (κ1) is 16.2. The van der Waals surface area contributed by atoms with Crippen molar-refractivity contribution in [1.29, 1.82) is 0 Å². The van der Waals surface area contributed by atoms with Gasteiger partial charge in [-0.15, -0.1) is 5.10 Å². The Hall–Kier alpha value is -3.29. The van der Waals surface area contributed by atoms with Gasteiger partial charge in [0, 0.05) is 30.2 Å². The number of pyridine rings is 2. The molecular weight excluding hydrogens is 332 g/mol. The largest absolute Gasteiger partial charge is 0.474 e. The molecule has 4 rings (SSSR count). The van der Waals surface area contributed by atoms with Gasteiger partial charge in [-0.3, -0.25) is 15.1 Å². The van der Waals surface area contributed by atoms with Gasteiger partial charge >= 0.3 is 0 Å². The minimum Gasteiger partial charge on any atom is -0.474 e. The molecule has 3 aromatic heterocycles. The van der Waals surface area contributed by atoms with E-state index in [2.05, 4.69) is 25.4 Å². The van der Waals surface area contributed by atoms with Gasteiger partial charge in [0.15, 0.2) is 0 Å². The molecule has 0 unspecified atom stereocenters. The van der Waals surface area contributed by atoms with E-state index in [0.29, 0.717) is 18.0 Å². The predicted octanol–water partition coefficient (Wildman–Crippen LogP) is 2.30. The molecule has 132 valence electrons. The molecule has 0 aromatic carbocycles. The van der Waals surface area contributed by atoms with E-state index in [1.165, 1.54) is 6.42 Å². The highest BCUT2D eigenvalue weighted by atomic mass is 16.5. The molecule has 1 N–H and O–H groups in total. The SMILES string of the molecule is O=C(Nc1ncn(Cc2cccnc2)n1)c1ccnc(OC2CCC2)c1. The molecule has 1 aliphatic rings. The van der Waals surface area contributed by atoms with Gasteiger partial charge in [0.2, 0.25) is 11.8 Å². The van der Waals surface area contributed by atoms with Crippen LogP contribution in [0.15, 0.2) is 49.2 Å². The zero-order valence-electron chi connectivity index (χ0n) is 14.1. The maximum atomic E-state index is 12.4. The minimum absolute atomic E-state index is 0.214. The molecule has 26 heavy (non-hydrogen) atoms. The minimum atomic E-state index is -0.301. The monoisotopic (exact) mass is 350 g/mol. The second-order valence-electron chi connectivity index (χ2n) is 6.13. The molecule has 0 bridgehead atoms. The van der Waals surface area contributed by atoms with Crippen LogP contribution in [0.2, 0.25) is 0 Å². The fraction of sp³-hybridized carbons (Fsp3) is 0.278. The van der Waals surface area contributed by atoms with Crippen molar-refractivity contribution in [3.05, 3.63) is 60.3 Å². The van der Waals surface area contributed by atoms with E-state index in [0.717, 1.165) is 18.4 Å². The summed E-state index contributed by atoms with van der Waals surface area (Å²) in [6.07, 6.45) is 10.1. The molecule has 3 aromatic rings. The number of amides is 1. The number of rotatable bonds is 6. The number of anilines is 1. The number of hydrogen-bond donors (Lipinski definition) is 1. The summed E-state index contributed by atoms with van der Waals surface area (Å²) in [5.41, 5.74) is 1.46. The molecule has 0 aliphatic heterocycles. The molecule has 1 saturated carbocycles. The van der Waals surface area contributed by atoms with Crippen LogP contribution >= 0.6 is 0 Å². The van der Waals surface area contributed by atoms with Gasteiger partial charge in [-0.05, 0) is 37.0 Å². The first-order chi connectivity index (χ1) is 12.8. The zero-order chi connectivity index (χ0) is 17.8. The third kappa shape index (κ3) is 3.85. The first-order valence-corrected chi connectivity index (χ1v) is 8.49. The maximum Gasteiger partial charge on any atom is 0.258 e. The van der Waals surface area contributed by atoms with Crippen LogP contribution in [0.4, 0.5) is 5.95 Å². The summed E-state index contributed by atoms with van der Waals surface area (Å²) in [6.45, 7) is 0.533. The van der Waals surface area contributed by atoms with Crippen molar-refractivity contribution in [2.45, 2.75) is 31.9 Å². The van der Waals surface area contributed by atoms with Crippen LogP contribution < -0.4 is 10.1 Å². The smallest absolute Gasteiger partial charge is 0.258 e. The number of ether oxygens (including phenoxy) is 1. The standard InChI is InChI=1S/C18H18N6O2/c25-17(14-6-8-20-16(9-14)26-15-4-1-5-15)22-18-21-12-24(23-18)11-13-3-2-7-19-10-13/h2-3,6-10,12,15H,1,4-5,11H2,(H,22,23,25). The van der Waals surface area contributed by atoms with Crippen LogP contribution in [0, 0.1) is 0 Å². The average molecular weight is 350 g/mol. The maximum absolute atomic E-state index is 12.4. The summed E-state index contributed by atoms with van der Waals surface area (Å²) in [7, 11) is 0. The Kier molecular flexibility index (Phi) is 4.55. The van der Waals surface area contributed by atoms with E-state index in [-0.39, 0.29) is 18.0 Å². The van der Waals surface area contributed by atoms with Crippen LogP contribution in [-0.2, 0) is 6.54 Å². The van der Waals surface area contributed by atoms with Crippen molar-refractivity contribution < 1.29 is 9.53 Å². The van der Waals surface area contributed by atoms with E-state index in [4.69, 9.17) is 4.74 Å². The van der Waals surface area contributed by atoms with Crippen molar-refractivity contribution in [3.63, 3.8) is 0 Å². The molecule has 0 radical (unpaired) electrons. The number of aromatic nitrogens is 5. The topological polar surface area (TPSA) is 94.8 Å². The highest BCUT2D eigenvalue weighted by Gasteiger charge is 2.20. The van der Waals surface area contributed by atoms with Gasteiger partial charge in [-0.1, -0.05) is 6.07 Å². The Bertz CT molecular complexity index is 891. The average Bonchev–Trinajstić information content (AvgIpc) is 3.06. The van der Waals surface area contributed by atoms with Gasteiger partial charge in [0.1, 0.15) is 12.4 Å². The molecule has 8 heteroatoms. The van der Waals surface area contributed by atoms with Gasteiger partial charge in [-0.2, -0.15) is 0 Å². The van der Waals surface area contributed by atoms with Crippen molar-refractivity contribution in [2.24, 2.45) is 0 Å². The molecule has 0 saturated heterocycles. The lowest BCUT2D eigenvalue weighted by molar-refractivity contribution is 0.101. The Morgan fingerprint density at radius 3 is 2.96 bits per heavy atom. The molecule has 3 heterocycles. The highest BCUT2D eigenvalue weighted by Crippen LogP contribution is 2.24. The van der Waals surface area contributed by atoms with Crippen molar-refractivity contribution in [2.75, 3.05) is 5.32 Å². The van der Waals surface area contributed by atoms with Crippen LogP contribution in [-0.4, -0.2) is 36.7 Å². The van der Waals surface area contributed by atoms with Crippen LogP contribution in [0.25, 0.3) is 0 Å². The Balaban J connectivity index is 1.39. The van der Waals surface area contributed by atoms with Gasteiger partial charge in [-0.25, -0.2) is 14.6 Å². The number of carbonyl (C=O) groups is 1. The van der Waals surface area contributed by atoms with E-state index >= 15 is 0 Å². The van der Waals surface area contributed by atoms with Crippen molar-refractivity contribution in [3.8, 4) is 5.88 Å². The van der Waals surface area contributed by atoms with Gasteiger partial charge in [0.05, 0.1) is 6.54 Å². The summed E-state index contributed by atoms with van der Waals surface area (Å²) in [4.78, 5) is 24.8. The highest BCUT2D eigenvalue weighted by molar-refractivity contribution is 6.03. The lowest BCUT2D eigenvalue weighted by Gasteiger charge is -2.25. The first-order valence-electron chi connectivity index (χ1n) is 8.49. The molecule has 0 atom stereocenters. The van der Waals surface area contributed by atoms with E-state index in [9.17, 15) is 4.79 Å². The van der Waals surface area contributed by atoms with Crippen LogP contribution in [0.1, 0.15) is 35.2 Å². The Labute approximate surface area is 150 Å². The predicted molar refractivity (Wildman–Crippen MR) is 93.8 cm³/mol. The molecule has 0 spiro atoms. The third-order valence-corrected chi connectivity index (χ3v) is 4.17. The summed E-state index contributed by atoms with van der Waals surface area (Å²) in [6, 6.07) is 7.09. The zero-order valence-corrected chi connectivity index (χ0v) is 14.1. The van der Waals surface area contributed by atoms with Crippen molar-refractivity contribution >= 4 is 11.9 Å². The van der Waals surface area contributed by atoms with Gasteiger partial charge < -0.3 is 4.74 Å². The molecule has 1 aliphatic carbocycles. The lowest BCUT2D eigenvalue weighted by Crippen LogP contribution is -2.25. The van der Waals surface area contributed by atoms with Crippen molar-refractivity contribution in [1.82, 2.24) is 24.7 Å². The molecular formula is C18H18N6O2. The number of carbonyl (C=O) groups excluding carboxylic acids is 1. The molecule has 8 nitrogen and oxygen atoms in total.